The summed E-state index contributed by atoms with van der Waals surface area (Å²) >= 11 is 3.22. The minimum atomic E-state index is -0.987. The van der Waals surface area contributed by atoms with Crippen molar-refractivity contribution < 1.29 is 0 Å². The number of hydrogen-bond acceptors (Lipinski definition) is 7. The van der Waals surface area contributed by atoms with Crippen molar-refractivity contribution in [2.24, 2.45) is 26.4 Å². The van der Waals surface area contributed by atoms with Crippen LogP contribution in [0, 0.1) is 0 Å². The number of aliphatic imine (C=N–C) groups is 3. The summed E-state index contributed by atoms with van der Waals surface area (Å²) < 4.78 is 0. The monoisotopic (exact) mass is 319 g/mol. The van der Waals surface area contributed by atoms with E-state index in [1.807, 2.05) is 23.9 Å². The molecule has 1 aromatic rings. The van der Waals surface area contributed by atoms with Gasteiger partial charge in [0.15, 0.2) is 11.2 Å². The van der Waals surface area contributed by atoms with E-state index in [1.165, 1.54) is 23.0 Å². The number of rotatable bonds is 3. The highest BCUT2D eigenvalue weighted by atomic mass is 32.2. The molecular weight excluding hydrogens is 302 g/mol. The summed E-state index contributed by atoms with van der Waals surface area (Å²) in [6, 6.07) is 8.14. The molecule has 2 atom stereocenters. The molecule has 2 aliphatic rings. The molecule has 4 N–H and O–H groups in total. The molecule has 21 heavy (non-hydrogen) atoms. The topological polar surface area (TPSA) is 89.1 Å². The van der Waals surface area contributed by atoms with E-state index in [0.29, 0.717) is 11.0 Å². The lowest BCUT2D eigenvalue weighted by molar-refractivity contribution is 0.643. The number of nitrogens with zero attached hydrogens (tertiary/aromatic N) is 3. The van der Waals surface area contributed by atoms with Crippen molar-refractivity contribution >= 4 is 40.6 Å². The minimum Gasteiger partial charge on any atom is -0.301 e. The second-order valence-electron chi connectivity index (χ2n) is 5.12. The summed E-state index contributed by atoms with van der Waals surface area (Å²) in [5.74, 6) is 0. The Morgan fingerprint density at radius 2 is 2.00 bits per heavy atom. The maximum Gasteiger partial charge on any atom is 0.180 e. The van der Waals surface area contributed by atoms with Crippen molar-refractivity contribution in [3.05, 3.63) is 29.8 Å². The maximum absolute atomic E-state index is 6.49. The van der Waals surface area contributed by atoms with Gasteiger partial charge in [0.05, 0.1) is 0 Å². The molecule has 110 valence electrons. The number of benzene rings is 1. The second kappa shape index (κ2) is 5.57. The van der Waals surface area contributed by atoms with Gasteiger partial charge in [0.25, 0.3) is 0 Å². The Morgan fingerprint density at radius 3 is 2.67 bits per heavy atom. The molecule has 0 saturated carbocycles. The van der Waals surface area contributed by atoms with Crippen LogP contribution in [0.25, 0.3) is 0 Å². The molecule has 2 aliphatic heterocycles. The summed E-state index contributed by atoms with van der Waals surface area (Å²) in [5, 5.41) is 1.31. The lowest BCUT2D eigenvalue weighted by Gasteiger charge is -2.27. The molecule has 0 amide bonds. The van der Waals surface area contributed by atoms with Crippen molar-refractivity contribution in [1.29, 1.82) is 0 Å². The van der Waals surface area contributed by atoms with Gasteiger partial charge in [-0.05, 0) is 12.1 Å². The Hall–Kier alpha value is -1.15. The van der Waals surface area contributed by atoms with E-state index in [2.05, 4.69) is 41.0 Å². The van der Waals surface area contributed by atoms with Gasteiger partial charge in [-0.15, -0.1) is 11.8 Å². The lowest BCUT2D eigenvalue weighted by Crippen LogP contribution is -2.47. The molecule has 1 aromatic carbocycles. The average Bonchev–Trinajstić information content (AvgIpc) is 2.81. The van der Waals surface area contributed by atoms with Crippen LogP contribution >= 0.6 is 23.5 Å². The van der Waals surface area contributed by atoms with Gasteiger partial charge in [-0.2, -0.15) is 0 Å². The number of hydrogen-bond donors (Lipinski definition) is 2. The summed E-state index contributed by atoms with van der Waals surface area (Å²) in [5.41, 5.74) is 12.6. The molecule has 2 unspecified atom stereocenters. The van der Waals surface area contributed by atoms with Crippen LogP contribution in [0.2, 0.25) is 0 Å². The third-order valence-electron chi connectivity index (χ3n) is 3.15. The van der Waals surface area contributed by atoms with Gasteiger partial charge < -0.3 is 5.73 Å². The van der Waals surface area contributed by atoms with Gasteiger partial charge in [0.1, 0.15) is 17.1 Å². The summed E-state index contributed by atoms with van der Waals surface area (Å²) in [6.07, 6.45) is 1.50. The first kappa shape index (κ1) is 14.8. The number of fused-ring (bicyclic) bond motifs is 1. The van der Waals surface area contributed by atoms with Gasteiger partial charge >= 0.3 is 0 Å². The zero-order valence-electron chi connectivity index (χ0n) is 11.9. The molecule has 0 radical (unpaired) electrons. The van der Waals surface area contributed by atoms with Crippen LogP contribution in [0.4, 0.5) is 0 Å². The van der Waals surface area contributed by atoms with Crippen molar-refractivity contribution in [2.75, 3.05) is 0 Å². The Morgan fingerprint density at radius 1 is 1.29 bits per heavy atom. The average molecular weight is 319 g/mol. The largest absolute Gasteiger partial charge is 0.301 e. The first-order chi connectivity index (χ1) is 9.99. The number of thioether (sulfide) groups is 2. The van der Waals surface area contributed by atoms with E-state index in [1.54, 1.807) is 0 Å². The first-order valence-electron chi connectivity index (χ1n) is 6.67. The zero-order valence-corrected chi connectivity index (χ0v) is 13.5. The van der Waals surface area contributed by atoms with Gasteiger partial charge in [0.2, 0.25) is 0 Å². The molecule has 0 bridgehead atoms. The van der Waals surface area contributed by atoms with E-state index < -0.39 is 5.66 Å². The van der Waals surface area contributed by atoms with E-state index >= 15 is 0 Å². The highest BCUT2D eigenvalue weighted by molar-refractivity contribution is 8.16. The zero-order chi connectivity index (χ0) is 15.0. The normalized spacial score (nSPS) is 27.6. The van der Waals surface area contributed by atoms with Gasteiger partial charge in [-0.1, -0.05) is 37.7 Å². The lowest BCUT2D eigenvalue weighted by atomic mass is 9.95. The minimum absolute atomic E-state index is 0.348. The fraction of sp³-hybridized carbons (Fsp3) is 0.357. The predicted molar refractivity (Wildman–Crippen MR) is 92.2 cm³/mol. The molecule has 0 aromatic heterocycles. The smallest absolute Gasteiger partial charge is 0.180 e. The molecular formula is C14H17N5S2. The van der Waals surface area contributed by atoms with E-state index in [-0.39, 0.29) is 5.50 Å². The van der Waals surface area contributed by atoms with E-state index in [9.17, 15) is 0 Å². The molecule has 0 saturated heterocycles. The van der Waals surface area contributed by atoms with Crippen LogP contribution in [0.1, 0.15) is 19.4 Å². The second-order valence-corrected chi connectivity index (χ2v) is 7.88. The van der Waals surface area contributed by atoms with Crippen LogP contribution < -0.4 is 11.5 Å². The van der Waals surface area contributed by atoms with Crippen molar-refractivity contribution in [3.63, 3.8) is 0 Å². The van der Waals surface area contributed by atoms with Crippen LogP contribution in [-0.2, 0) is 5.66 Å². The molecule has 5 nitrogen and oxygen atoms in total. The highest BCUT2D eigenvalue weighted by Crippen LogP contribution is 2.34. The molecule has 0 aliphatic carbocycles. The van der Waals surface area contributed by atoms with E-state index in [4.69, 9.17) is 11.5 Å². The van der Waals surface area contributed by atoms with E-state index in [0.717, 1.165) is 10.6 Å². The summed E-state index contributed by atoms with van der Waals surface area (Å²) in [7, 11) is 0. The van der Waals surface area contributed by atoms with Gasteiger partial charge in [0, 0.05) is 15.7 Å². The van der Waals surface area contributed by atoms with Crippen LogP contribution in [0.3, 0.4) is 0 Å². The molecule has 2 heterocycles. The molecule has 7 heteroatoms. The Kier molecular flexibility index (Phi) is 3.92. The Bertz CT molecular complexity index is 635. The van der Waals surface area contributed by atoms with Crippen molar-refractivity contribution in [1.82, 2.24) is 0 Å². The van der Waals surface area contributed by atoms with Crippen LogP contribution in [0.15, 0.2) is 44.1 Å². The Balaban J connectivity index is 1.94. The standard InChI is InChI=1S/C14H17N5S2/c1-8(2)20-10-5-3-9(4-6-10)14(16)11-12(17-7-18-14)21-13(15)19-11/h3-8,13H,15-16H2,1-2H3. The van der Waals surface area contributed by atoms with Gasteiger partial charge in [-0.25, -0.2) is 9.98 Å². The maximum atomic E-state index is 6.49. The molecule has 0 fully saturated rings. The van der Waals surface area contributed by atoms with Crippen LogP contribution in [0.5, 0.6) is 0 Å². The predicted octanol–water partition coefficient (Wildman–Crippen LogP) is 2.17. The third-order valence-corrected chi connectivity index (χ3v) is 5.04. The quantitative estimate of drug-likeness (QED) is 0.836. The van der Waals surface area contributed by atoms with Gasteiger partial charge in [-0.3, -0.25) is 10.7 Å². The first-order valence-corrected chi connectivity index (χ1v) is 8.43. The summed E-state index contributed by atoms with van der Waals surface area (Å²) in [4.78, 5) is 14.2. The number of nitrogens with two attached hydrogens (primary N) is 2. The molecule has 3 rings (SSSR count). The molecule has 0 spiro atoms. The fourth-order valence-electron chi connectivity index (χ4n) is 2.24. The Labute approximate surface area is 132 Å². The SMILES string of the molecule is CC(C)Sc1ccc(C2(N)N=CN=C3SC(N)N=C32)cc1. The van der Waals surface area contributed by atoms with Crippen molar-refractivity contribution in [2.45, 2.75) is 35.2 Å². The van der Waals surface area contributed by atoms with Crippen LogP contribution in [-0.4, -0.2) is 27.8 Å². The third kappa shape index (κ3) is 2.78. The highest BCUT2D eigenvalue weighted by Gasteiger charge is 2.41. The fourth-order valence-corrected chi connectivity index (χ4v) is 3.89. The summed E-state index contributed by atoms with van der Waals surface area (Å²) in [6.45, 7) is 4.34. The van der Waals surface area contributed by atoms with Crippen molar-refractivity contribution in [3.8, 4) is 0 Å².